The summed E-state index contributed by atoms with van der Waals surface area (Å²) in [5, 5.41) is 34.5. The topological polar surface area (TPSA) is 174 Å². The number of ether oxygens (including phenoxy) is 2. The lowest BCUT2D eigenvalue weighted by molar-refractivity contribution is -0.142. The third-order valence-electron chi connectivity index (χ3n) is 11.9. The maximum Gasteiger partial charge on any atom is 0.308 e. The summed E-state index contributed by atoms with van der Waals surface area (Å²) in [4.78, 5) is 48.8. The maximum absolute atomic E-state index is 11.7. The average Bonchev–Trinajstić information content (AvgIpc) is 3.86. The van der Waals surface area contributed by atoms with Crippen molar-refractivity contribution in [3.05, 3.63) is 24.3 Å². The number of carboxylic acid groups (broad SMARTS) is 2. The van der Waals surface area contributed by atoms with Gasteiger partial charge in [-0.25, -0.2) is 0 Å². The number of hydrogen-bond donors (Lipinski definition) is 4. The highest BCUT2D eigenvalue weighted by atomic mass is 16.5. The number of carbonyl (C=O) groups excluding carboxylic acids is 2. The molecule has 2 aliphatic heterocycles. The summed E-state index contributed by atoms with van der Waals surface area (Å²) in [6.45, 7) is 8.51. The molecule has 2 fully saturated rings. The lowest BCUT2D eigenvalue weighted by atomic mass is 10.1. The van der Waals surface area contributed by atoms with Gasteiger partial charge >= 0.3 is 11.9 Å². The van der Waals surface area contributed by atoms with Crippen LogP contribution in [0.15, 0.2) is 24.3 Å². The van der Waals surface area contributed by atoms with Gasteiger partial charge in [0.05, 0.1) is 51.5 Å². The molecule has 2 rings (SSSR count). The van der Waals surface area contributed by atoms with E-state index in [1.54, 1.807) is 9.80 Å². The smallest absolute Gasteiger partial charge is 0.308 e. The number of likely N-dealkylation sites (tertiary alicyclic amines) is 2. The minimum Gasteiger partial charge on any atom is -0.481 e. The summed E-state index contributed by atoms with van der Waals surface area (Å²) in [5.41, 5.74) is 0. The van der Waals surface area contributed by atoms with Crippen molar-refractivity contribution < 1.29 is 49.1 Å². The minimum absolute atomic E-state index is 0.00939. The summed E-state index contributed by atoms with van der Waals surface area (Å²) >= 11 is 0. The summed E-state index contributed by atoms with van der Waals surface area (Å²) in [6.07, 6.45) is 45.5. The van der Waals surface area contributed by atoms with E-state index in [2.05, 4.69) is 38.2 Å². The Kier molecular flexibility index (Phi) is 44.7. The van der Waals surface area contributed by atoms with Gasteiger partial charge in [-0.05, 0) is 64.2 Å². The van der Waals surface area contributed by atoms with Crippen LogP contribution in [0.1, 0.15) is 206 Å². The Morgan fingerprint density at radius 2 is 0.750 bits per heavy atom. The standard InChI is InChI=1S/2C23H41NO3.C6H14O4/c2*1-2-3-4-5-6-7-8-9-10-11-12-13-14-15-16-17-18-24-20-21(23(26)27)19-22(24)25;7-1-3-9-5-6-10-4-2-8/h2*9-10,21H,2-8,11-20H2,1H3,(H,26,27);7-8H,1-6H2. The number of unbranched alkanes of at least 4 members (excludes halogenated alkanes) is 24. The number of aliphatic hydroxyl groups is 2. The molecule has 2 aliphatic rings. The fourth-order valence-corrected chi connectivity index (χ4v) is 7.86. The van der Waals surface area contributed by atoms with Gasteiger partial charge in [-0.1, -0.05) is 154 Å². The van der Waals surface area contributed by atoms with Crippen molar-refractivity contribution in [1.29, 1.82) is 0 Å². The molecule has 0 spiro atoms. The van der Waals surface area contributed by atoms with Crippen molar-refractivity contribution >= 4 is 23.8 Å². The van der Waals surface area contributed by atoms with Crippen LogP contribution in [0, 0.1) is 11.8 Å². The Bertz CT molecular complexity index is 1080. The number of allylic oxidation sites excluding steroid dienone is 4. The van der Waals surface area contributed by atoms with E-state index >= 15 is 0 Å². The number of rotatable bonds is 41. The molecule has 2 heterocycles. The van der Waals surface area contributed by atoms with Crippen LogP contribution in [0.5, 0.6) is 0 Å². The molecule has 4 N–H and O–H groups in total. The van der Waals surface area contributed by atoms with Crippen LogP contribution in [0.25, 0.3) is 0 Å². The van der Waals surface area contributed by atoms with Gasteiger partial charge in [0.1, 0.15) is 0 Å². The van der Waals surface area contributed by atoms with Gasteiger partial charge in [-0.2, -0.15) is 0 Å². The van der Waals surface area contributed by atoms with Gasteiger partial charge in [0.15, 0.2) is 0 Å². The van der Waals surface area contributed by atoms with E-state index in [0.29, 0.717) is 39.5 Å². The first kappa shape index (κ1) is 61.2. The Labute approximate surface area is 390 Å². The number of amides is 2. The molecule has 0 saturated carbocycles. The van der Waals surface area contributed by atoms with Crippen molar-refractivity contribution in [1.82, 2.24) is 9.80 Å². The Hall–Kier alpha value is -2.80. The molecule has 0 bridgehead atoms. The zero-order chi connectivity index (χ0) is 47.1. The van der Waals surface area contributed by atoms with Crippen LogP contribution in [-0.2, 0) is 28.7 Å². The van der Waals surface area contributed by atoms with Crippen LogP contribution in [-0.4, -0.2) is 120 Å². The van der Waals surface area contributed by atoms with Gasteiger partial charge < -0.3 is 39.7 Å². The normalized spacial score (nSPS) is 16.2. The van der Waals surface area contributed by atoms with Crippen molar-refractivity contribution in [2.75, 3.05) is 65.8 Å². The second-order valence-corrected chi connectivity index (χ2v) is 17.7. The molecule has 0 aromatic carbocycles. The highest BCUT2D eigenvalue weighted by Crippen LogP contribution is 2.20. The van der Waals surface area contributed by atoms with Crippen LogP contribution >= 0.6 is 0 Å². The molecule has 0 radical (unpaired) electrons. The maximum atomic E-state index is 11.7. The number of nitrogens with zero attached hydrogens (tertiary/aromatic N) is 2. The van der Waals surface area contributed by atoms with Gasteiger partial charge in [0.25, 0.3) is 0 Å². The first-order valence-corrected chi connectivity index (χ1v) is 25.9. The van der Waals surface area contributed by atoms with E-state index in [4.69, 9.17) is 29.9 Å². The predicted molar refractivity (Wildman–Crippen MR) is 259 cm³/mol. The predicted octanol–water partition coefficient (Wildman–Crippen LogP) is 10.9. The molecule has 2 unspecified atom stereocenters. The van der Waals surface area contributed by atoms with Crippen molar-refractivity contribution in [2.45, 2.75) is 206 Å². The van der Waals surface area contributed by atoms with E-state index in [1.165, 1.54) is 154 Å². The summed E-state index contributed by atoms with van der Waals surface area (Å²) in [6, 6.07) is 0. The highest BCUT2D eigenvalue weighted by molar-refractivity contribution is 5.86. The monoisotopic (exact) mass is 909 g/mol. The second-order valence-electron chi connectivity index (χ2n) is 17.7. The molecule has 2 saturated heterocycles. The Morgan fingerprint density at radius 1 is 0.469 bits per heavy atom. The highest BCUT2D eigenvalue weighted by Gasteiger charge is 2.34. The number of hydrogen-bond acceptors (Lipinski definition) is 8. The van der Waals surface area contributed by atoms with Crippen LogP contribution in [0.3, 0.4) is 0 Å². The van der Waals surface area contributed by atoms with E-state index in [-0.39, 0.29) is 37.9 Å². The van der Waals surface area contributed by atoms with Crippen LogP contribution < -0.4 is 0 Å². The number of aliphatic hydroxyl groups excluding tert-OH is 2. The SMILES string of the molecule is CCCCCCCCC=CCCCCCCCCN1CC(C(=O)O)CC1=O.CCCCCCCCC=CCCCCCCCCN1CC(C(=O)O)CC1=O.OCCOCCOCCO. The number of carbonyl (C=O) groups is 4. The lowest BCUT2D eigenvalue weighted by Gasteiger charge is -2.15. The van der Waals surface area contributed by atoms with Crippen molar-refractivity contribution in [3.8, 4) is 0 Å². The first-order valence-electron chi connectivity index (χ1n) is 25.9. The fraction of sp³-hybridized carbons (Fsp3) is 0.846. The molecule has 12 nitrogen and oxygen atoms in total. The third kappa shape index (κ3) is 38.5. The molecule has 374 valence electrons. The zero-order valence-corrected chi connectivity index (χ0v) is 40.9. The van der Waals surface area contributed by atoms with Gasteiger partial charge in [0.2, 0.25) is 11.8 Å². The molecule has 64 heavy (non-hydrogen) atoms. The van der Waals surface area contributed by atoms with Crippen molar-refractivity contribution in [3.63, 3.8) is 0 Å². The molecule has 12 heteroatoms. The van der Waals surface area contributed by atoms with E-state index in [0.717, 1.165) is 38.8 Å². The Balaban J connectivity index is 0.00000102. The zero-order valence-electron chi connectivity index (χ0n) is 40.9. The van der Waals surface area contributed by atoms with E-state index < -0.39 is 23.8 Å². The molecule has 2 atom stereocenters. The molecule has 0 aromatic heterocycles. The van der Waals surface area contributed by atoms with E-state index in [1.807, 2.05) is 0 Å². The number of carboxylic acids is 2. The van der Waals surface area contributed by atoms with E-state index in [9.17, 15) is 19.2 Å². The molecular formula is C52H96N2O10. The van der Waals surface area contributed by atoms with Crippen molar-refractivity contribution in [2.24, 2.45) is 11.8 Å². The second kappa shape index (κ2) is 46.7. The molecular weight excluding hydrogens is 813 g/mol. The quantitative estimate of drug-likeness (QED) is 0.0341. The van der Waals surface area contributed by atoms with Gasteiger partial charge in [0, 0.05) is 39.0 Å². The lowest BCUT2D eigenvalue weighted by Crippen LogP contribution is -2.27. The molecule has 2 amide bonds. The van der Waals surface area contributed by atoms with Crippen LogP contribution in [0.2, 0.25) is 0 Å². The molecule has 0 aromatic rings. The van der Waals surface area contributed by atoms with Gasteiger partial charge in [-0.3, -0.25) is 19.2 Å². The summed E-state index contributed by atoms with van der Waals surface area (Å²) in [5.74, 6) is -2.65. The largest absolute Gasteiger partial charge is 0.481 e. The summed E-state index contributed by atoms with van der Waals surface area (Å²) in [7, 11) is 0. The minimum atomic E-state index is -0.841. The number of aliphatic carboxylic acids is 2. The average molecular weight is 909 g/mol. The fourth-order valence-electron chi connectivity index (χ4n) is 7.86. The molecule has 0 aliphatic carbocycles. The van der Waals surface area contributed by atoms with Crippen LogP contribution in [0.4, 0.5) is 0 Å². The van der Waals surface area contributed by atoms with Gasteiger partial charge in [-0.15, -0.1) is 0 Å². The Morgan fingerprint density at radius 3 is 1.02 bits per heavy atom. The third-order valence-corrected chi connectivity index (χ3v) is 11.9. The summed E-state index contributed by atoms with van der Waals surface area (Å²) < 4.78 is 9.75. The first-order chi connectivity index (χ1) is 31.2.